The van der Waals surface area contributed by atoms with Crippen LogP contribution in [0.4, 0.5) is 4.79 Å². The summed E-state index contributed by atoms with van der Waals surface area (Å²) in [6.45, 7) is 1.29. The molecule has 1 aromatic carbocycles. The summed E-state index contributed by atoms with van der Waals surface area (Å²) in [5, 5.41) is 3.41. The quantitative estimate of drug-likeness (QED) is 0.574. The molecule has 1 saturated heterocycles. The number of hydrazine groups is 1. The molecule has 2 aliphatic rings. The maximum atomic E-state index is 12.6. The first kappa shape index (κ1) is 19.9. The van der Waals surface area contributed by atoms with Crippen molar-refractivity contribution in [3.05, 3.63) is 35.9 Å². The van der Waals surface area contributed by atoms with E-state index in [4.69, 9.17) is 4.74 Å². The summed E-state index contributed by atoms with van der Waals surface area (Å²) in [5.74, 6) is -2.18. The van der Waals surface area contributed by atoms with Crippen LogP contribution < -0.4 is 10.7 Å². The van der Waals surface area contributed by atoms with E-state index in [1.165, 1.54) is 0 Å². The van der Waals surface area contributed by atoms with Gasteiger partial charge in [-0.05, 0) is 24.8 Å². The van der Waals surface area contributed by atoms with Crippen LogP contribution in [0.1, 0.15) is 56.9 Å². The van der Waals surface area contributed by atoms with Crippen molar-refractivity contribution < 1.29 is 23.9 Å². The summed E-state index contributed by atoms with van der Waals surface area (Å²) in [6, 6.07) is 8.51. The molecular weight excluding hydrogens is 362 g/mol. The molecule has 8 heteroatoms. The fourth-order valence-corrected chi connectivity index (χ4v) is 3.83. The van der Waals surface area contributed by atoms with Crippen LogP contribution in [-0.2, 0) is 19.1 Å². The highest BCUT2D eigenvalue weighted by molar-refractivity contribution is 6.08. The second kappa shape index (κ2) is 8.41. The van der Waals surface area contributed by atoms with E-state index in [1.54, 1.807) is 0 Å². The molecule has 2 fully saturated rings. The van der Waals surface area contributed by atoms with Crippen LogP contribution in [0.25, 0.3) is 0 Å². The van der Waals surface area contributed by atoms with Crippen LogP contribution >= 0.6 is 0 Å². The smallest absolute Gasteiger partial charge is 0.344 e. The molecule has 150 valence electrons. The Hall–Kier alpha value is -2.90. The van der Waals surface area contributed by atoms with E-state index < -0.39 is 41.9 Å². The molecule has 1 saturated carbocycles. The average molecular weight is 387 g/mol. The van der Waals surface area contributed by atoms with Crippen LogP contribution in [0.3, 0.4) is 0 Å². The number of imide groups is 1. The van der Waals surface area contributed by atoms with E-state index in [1.807, 2.05) is 37.3 Å². The number of rotatable bonds is 6. The van der Waals surface area contributed by atoms with E-state index in [0.29, 0.717) is 24.3 Å². The molecule has 1 heterocycles. The molecule has 1 aliphatic carbocycles. The summed E-state index contributed by atoms with van der Waals surface area (Å²) >= 11 is 0. The summed E-state index contributed by atoms with van der Waals surface area (Å²) in [5.41, 5.74) is 2.15. The van der Waals surface area contributed by atoms with Gasteiger partial charge in [-0.15, -0.1) is 0 Å². The molecule has 28 heavy (non-hydrogen) atoms. The molecule has 8 nitrogen and oxygen atoms in total. The Bertz CT molecular complexity index is 758. The number of nitrogens with zero attached hydrogens (tertiary/aromatic N) is 1. The van der Waals surface area contributed by atoms with Gasteiger partial charge in [0.05, 0.1) is 5.92 Å². The van der Waals surface area contributed by atoms with Crippen molar-refractivity contribution in [1.29, 1.82) is 0 Å². The number of amides is 4. The van der Waals surface area contributed by atoms with Crippen LogP contribution in [0, 0.1) is 0 Å². The largest absolute Gasteiger partial charge is 0.455 e. The van der Waals surface area contributed by atoms with E-state index in [2.05, 4.69) is 10.7 Å². The normalized spacial score (nSPS) is 19.2. The predicted octanol–water partition coefficient (Wildman–Crippen LogP) is 2.01. The minimum absolute atomic E-state index is 0.451. The Morgan fingerprint density at radius 3 is 2.50 bits per heavy atom. The third kappa shape index (κ3) is 4.00. The molecule has 4 amide bonds. The molecule has 1 atom stereocenters. The topological polar surface area (TPSA) is 105 Å². The van der Waals surface area contributed by atoms with Crippen molar-refractivity contribution in [2.75, 3.05) is 6.61 Å². The number of hydrogen-bond acceptors (Lipinski definition) is 5. The minimum Gasteiger partial charge on any atom is -0.455 e. The highest BCUT2D eigenvalue weighted by Crippen LogP contribution is 2.33. The van der Waals surface area contributed by atoms with Gasteiger partial charge < -0.3 is 10.1 Å². The van der Waals surface area contributed by atoms with Gasteiger partial charge in [-0.1, -0.05) is 56.5 Å². The lowest BCUT2D eigenvalue weighted by Crippen LogP contribution is -2.51. The third-order valence-electron chi connectivity index (χ3n) is 5.35. The van der Waals surface area contributed by atoms with Crippen molar-refractivity contribution in [3.63, 3.8) is 0 Å². The summed E-state index contributed by atoms with van der Waals surface area (Å²) in [4.78, 5) is 49.2. The maximum Gasteiger partial charge on any atom is 0.344 e. The molecule has 0 radical (unpaired) electrons. The first-order valence-corrected chi connectivity index (χ1v) is 9.64. The van der Waals surface area contributed by atoms with Crippen molar-refractivity contribution in [2.24, 2.45) is 0 Å². The Kier molecular flexibility index (Phi) is 5.96. The number of nitrogens with one attached hydrogen (secondary N) is 2. The molecular formula is C20H25N3O5. The summed E-state index contributed by atoms with van der Waals surface area (Å²) in [6.07, 6.45) is 4.38. The molecule has 2 N–H and O–H groups in total. The number of benzene rings is 1. The first-order chi connectivity index (χ1) is 13.5. The number of carbonyl (C=O) groups is 4. The fraction of sp³-hybridized carbons (Fsp3) is 0.500. The first-order valence-electron chi connectivity index (χ1n) is 9.64. The van der Waals surface area contributed by atoms with Crippen molar-refractivity contribution in [3.8, 4) is 0 Å². The second-order valence-electron chi connectivity index (χ2n) is 7.23. The minimum atomic E-state index is -0.917. The Morgan fingerprint density at radius 1 is 1.18 bits per heavy atom. The molecule has 1 spiro atoms. The van der Waals surface area contributed by atoms with E-state index in [0.717, 1.165) is 24.8 Å². The molecule has 0 aromatic heterocycles. The number of carbonyl (C=O) groups excluding carboxylic acids is 4. The molecule has 3 rings (SSSR count). The zero-order chi connectivity index (χ0) is 20.1. The predicted molar refractivity (Wildman–Crippen MR) is 99.8 cm³/mol. The molecule has 0 unspecified atom stereocenters. The number of esters is 1. The average Bonchev–Trinajstić information content (AvgIpc) is 2.92. The third-order valence-corrected chi connectivity index (χ3v) is 5.35. The van der Waals surface area contributed by atoms with Crippen molar-refractivity contribution in [1.82, 2.24) is 15.8 Å². The monoisotopic (exact) mass is 387 g/mol. The van der Waals surface area contributed by atoms with E-state index in [9.17, 15) is 19.2 Å². The highest BCUT2D eigenvalue weighted by Gasteiger charge is 2.52. The Labute approximate surface area is 163 Å². The van der Waals surface area contributed by atoms with E-state index >= 15 is 0 Å². The van der Waals surface area contributed by atoms with Crippen LogP contribution in [0.2, 0.25) is 0 Å². The number of urea groups is 1. The van der Waals surface area contributed by atoms with Gasteiger partial charge in [-0.3, -0.25) is 19.8 Å². The van der Waals surface area contributed by atoms with Crippen molar-refractivity contribution >= 4 is 23.8 Å². The van der Waals surface area contributed by atoms with Crippen molar-refractivity contribution in [2.45, 2.75) is 56.9 Å². The SMILES string of the molecule is CC[C@@H](C(=O)OCC(=O)NN1C(=O)NC2(CCCCC2)C1=O)c1ccccc1. The lowest BCUT2D eigenvalue weighted by Gasteiger charge is -2.30. The Balaban J connectivity index is 1.55. The number of ether oxygens (including phenoxy) is 1. The molecule has 0 bridgehead atoms. The van der Waals surface area contributed by atoms with E-state index in [-0.39, 0.29) is 0 Å². The van der Waals surface area contributed by atoms with Gasteiger partial charge >= 0.3 is 12.0 Å². The maximum absolute atomic E-state index is 12.6. The molecule has 1 aromatic rings. The van der Waals surface area contributed by atoms with Gasteiger partial charge in [-0.25, -0.2) is 4.79 Å². The fourth-order valence-electron chi connectivity index (χ4n) is 3.83. The van der Waals surface area contributed by atoms with Gasteiger partial charge in [-0.2, -0.15) is 5.01 Å². The van der Waals surface area contributed by atoms with Crippen LogP contribution in [0.15, 0.2) is 30.3 Å². The summed E-state index contributed by atoms with van der Waals surface area (Å²) < 4.78 is 5.11. The lowest BCUT2D eigenvalue weighted by molar-refractivity contribution is -0.152. The second-order valence-corrected chi connectivity index (χ2v) is 7.23. The zero-order valence-electron chi connectivity index (χ0n) is 15.9. The van der Waals surface area contributed by atoms with Crippen LogP contribution in [0.5, 0.6) is 0 Å². The Morgan fingerprint density at radius 2 is 1.86 bits per heavy atom. The number of hydrogen-bond donors (Lipinski definition) is 2. The molecule has 1 aliphatic heterocycles. The van der Waals surface area contributed by atoms with Gasteiger partial charge in [0, 0.05) is 0 Å². The zero-order valence-corrected chi connectivity index (χ0v) is 15.9. The summed E-state index contributed by atoms with van der Waals surface area (Å²) in [7, 11) is 0. The van der Waals surface area contributed by atoms with Gasteiger partial charge in [0.25, 0.3) is 11.8 Å². The van der Waals surface area contributed by atoms with Gasteiger partial charge in [0.1, 0.15) is 5.54 Å². The van der Waals surface area contributed by atoms with Crippen LogP contribution in [-0.4, -0.2) is 41.0 Å². The lowest BCUT2D eigenvalue weighted by atomic mass is 9.82. The highest BCUT2D eigenvalue weighted by atomic mass is 16.5. The van der Waals surface area contributed by atoms with Gasteiger partial charge in [0.15, 0.2) is 6.61 Å². The van der Waals surface area contributed by atoms with Gasteiger partial charge in [0.2, 0.25) is 0 Å². The standard InChI is InChI=1S/C20H25N3O5/c1-2-15(14-9-5-3-6-10-14)17(25)28-13-16(24)22-23-18(26)20(21-19(23)27)11-7-4-8-12-20/h3,5-6,9-10,15H,2,4,7-8,11-13H2,1H3,(H,21,27)(H,22,24)/t15-/m1/s1.